The fourth-order valence-electron chi connectivity index (χ4n) is 2.19. The summed E-state index contributed by atoms with van der Waals surface area (Å²) < 4.78 is 22.9. The molecule has 1 aliphatic carbocycles. The first kappa shape index (κ1) is 12.7. The highest BCUT2D eigenvalue weighted by Gasteiger charge is 2.39. The standard InChI is InChI=1S/C11H20O3S/c1-11(2,3)8-5-6-9(12)10(7-8)15(4,13)14/h8,10H,5-7H2,1-4H3/t8-,10+/m0/s1. The summed E-state index contributed by atoms with van der Waals surface area (Å²) in [6.07, 6.45) is 2.91. The Labute approximate surface area is 92.2 Å². The summed E-state index contributed by atoms with van der Waals surface area (Å²) in [6, 6.07) is 0. The molecule has 0 heterocycles. The quantitative estimate of drug-likeness (QED) is 0.693. The Morgan fingerprint density at radius 1 is 1.27 bits per heavy atom. The summed E-state index contributed by atoms with van der Waals surface area (Å²) in [4.78, 5) is 11.5. The van der Waals surface area contributed by atoms with Gasteiger partial charge in [-0.3, -0.25) is 4.79 Å². The minimum absolute atomic E-state index is 0.0869. The van der Waals surface area contributed by atoms with Gasteiger partial charge in [-0.15, -0.1) is 0 Å². The fraction of sp³-hybridized carbons (Fsp3) is 0.909. The molecule has 1 saturated carbocycles. The van der Waals surface area contributed by atoms with Crippen LogP contribution in [0.3, 0.4) is 0 Å². The van der Waals surface area contributed by atoms with Crippen molar-refractivity contribution in [3.05, 3.63) is 0 Å². The molecule has 1 aliphatic rings. The van der Waals surface area contributed by atoms with Crippen molar-refractivity contribution in [3.63, 3.8) is 0 Å². The molecule has 0 bridgehead atoms. The maximum absolute atomic E-state index is 11.5. The van der Waals surface area contributed by atoms with E-state index < -0.39 is 15.1 Å². The van der Waals surface area contributed by atoms with Gasteiger partial charge in [0.05, 0.1) is 0 Å². The Balaban J connectivity index is 2.87. The van der Waals surface area contributed by atoms with Gasteiger partial charge in [0.1, 0.15) is 5.25 Å². The van der Waals surface area contributed by atoms with Gasteiger partial charge in [-0.1, -0.05) is 20.8 Å². The normalized spacial score (nSPS) is 29.2. The van der Waals surface area contributed by atoms with Gasteiger partial charge in [0.25, 0.3) is 0 Å². The van der Waals surface area contributed by atoms with Gasteiger partial charge in [-0.05, 0) is 24.2 Å². The minimum Gasteiger partial charge on any atom is -0.298 e. The van der Waals surface area contributed by atoms with E-state index in [2.05, 4.69) is 20.8 Å². The van der Waals surface area contributed by atoms with Crippen molar-refractivity contribution in [2.45, 2.75) is 45.3 Å². The van der Waals surface area contributed by atoms with Crippen molar-refractivity contribution in [1.82, 2.24) is 0 Å². The van der Waals surface area contributed by atoms with Crippen LogP contribution >= 0.6 is 0 Å². The third-order valence-corrected chi connectivity index (χ3v) is 4.83. The van der Waals surface area contributed by atoms with Crippen LogP contribution < -0.4 is 0 Å². The topological polar surface area (TPSA) is 51.2 Å². The average Bonchev–Trinajstić information content (AvgIpc) is 2.00. The van der Waals surface area contributed by atoms with Crippen LogP contribution in [0.5, 0.6) is 0 Å². The van der Waals surface area contributed by atoms with Crippen molar-refractivity contribution in [1.29, 1.82) is 0 Å². The molecule has 0 aromatic rings. The fourth-order valence-corrected chi connectivity index (χ4v) is 3.36. The number of ketones is 1. The Morgan fingerprint density at radius 3 is 2.20 bits per heavy atom. The van der Waals surface area contributed by atoms with Crippen LogP contribution in [0.15, 0.2) is 0 Å². The number of Topliss-reactive ketones (excluding diaryl/α,β-unsaturated/α-hetero) is 1. The van der Waals surface area contributed by atoms with E-state index in [0.29, 0.717) is 18.8 Å². The van der Waals surface area contributed by atoms with E-state index in [1.54, 1.807) is 0 Å². The molecule has 1 fully saturated rings. The molecule has 0 spiro atoms. The van der Waals surface area contributed by atoms with E-state index in [1.165, 1.54) is 6.26 Å². The van der Waals surface area contributed by atoms with Gasteiger partial charge in [-0.25, -0.2) is 8.42 Å². The second-order valence-electron chi connectivity index (χ2n) is 5.62. The summed E-state index contributed by atoms with van der Waals surface area (Å²) in [6.45, 7) is 6.31. The summed E-state index contributed by atoms with van der Waals surface area (Å²) >= 11 is 0. The van der Waals surface area contributed by atoms with Crippen LogP contribution in [-0.2, 0) is 14.6 Å². The summed E-state index contributed by atoms with van der Waals surface area (Å²) in [5, 5.41) is -0.754. The van der Waals surface area contributed by atoms with E-state index in [-0.39, 0.29) is 11.2 Å². The van der Waals surface area contributed by atoms with Gasteiger partial charge >= 0.3 is 0 Å². The van der Waals surface area contributed by atoms with Crippen LogP contribution in [0.1, 0.15) is 40.0 Å². The average molecular weight is 232 g/mol. The highest BCUT2D eigenvalue weighted by molar-refractivity contribution is 7.92. The van der Waals surface area contributed by atoms with Gasteiger partial charge in [0, 0.05) is 12.7 Å². The smallest absolute Gasteiger partial charge is 0.157 e. The number of carbonyl (C=O) groups excluding carboxylic acids is 1. The molecule has 0 saturated heterocycles. The maximum Gasteiger partial charge on any atom is 0.157 e. The molecular formula is C11H20O3S. The zero-order chi connectivity index (χ0) is 11.9. The molecular weight excluding hydrogens is 212 g/mol. The lowest BCUT2D eigenvalue weighted by Crippen LogP contribution is -2.39. The van der Waals surface area contributed by atoms with Crippen molar-refractivity contribution in [2.75, 3.05) is 6.26 Å². The zero-order valence-corrected chi connectivity index (χ0v) is 10.7. The second-order valence-corrected chi connectivity index (χ2v) is 7.85. The van der Waals surface area contributed by atoms with Crippen LogP contribution in [0.25, 0.3) is 0 Å². The lowest BCUT2D eigenvalue weighted by molar-refractivity contribution is -0.121. The number of rotatable bonds is 1. The van der Waals surface area contributed by atoms with E-state index in [9.17, 15) is 13.2 Å². The van der Waals surface area contributed by atoms with E-state index >= 15 is 0 Å². The largest absolute Gasteiger partial charge is 0.298 e. The van der Waals surface area contributed by atoms with Crippen LogP contribution in [-0.4, -0.2) is 25.7 Å². The predicted molar refractivity (Wildman–Crippen MR) is 60.4 cm³/mol. The highest BCUT2D eigenvalue weighted by atomic mass is 32.2. The molecule has 0 radical (unpaired) electrons. The van der Waals surface area contributed by atoms with Gasteiger partial charge in [0.15, 0.2) is 15.6 Å². The molecule has 0 N–H and O–H groups in total. The van der Waals surface area contributed by atoms with Crippen LogP contribution in [0, 0.1) is 11.3 Å². The molecule has 4 heteroatoms. The molecule has 0 unspecified atom stereocenters. The Kier molecular flexibility index (Phi) is 3.29. The lowest BCUT2D eigenvalue weighted by Gasteiger charge is -2.36. The summed E-state index contributed by atoms with van der Waals surface area (Å²) in [7, 11) is -3.22. The molecule has 3 nitrogen and oxygen atoms in total. The zero-order valence-electron chi connectivity index (χ0n) is 9.91. The predicted octanol–water partition coefficient (Wildman–Crippen LogP) is 1.81. The SMILES string of the molecule is CC(C)(C)[C@H]1CCC(=O)[C@H](S(C)(=O)=O)C1. The molecule has 0 aromatic carbocycles. The van der Waals surface area contributed by atoms with Crippen molar-refractivity contribution in [2.24, 2.45) is 11.3 Å². The van der Waals surface area contributed by atoms with Crippen molar-refractivity contribution in [3.8, 4) is 0 Å². The summed E-state index contributed by atoms with van der Waals surface area (Å²) in [5.41, 5.74) is 0.0869. The highest BCUT2D eigenvalue weighted by Crippen LogP contribution is 2.38. The summed E-state index contributed by atoms with van der Waals surface area (Å²) in [5.74, 6) is 0.230. The Morgan fingerprint density at radius 2 is 1.80 bits per heavy atom. The van der Waals surface area contributed by atoms with E-state index in [0.717, 1.165) is 6.42 Å². The first-order valence-corrected chi connectivity index (χ1v) is 7.29. The van der Waals surface area contributed by atoms with Gasteiger partial charge in [-0.2, -0.15) is 0 Å². The van der Waals surface area contributed by atoms with Crippen molar-refractivity contribution >= 4 is 15.6 Å². The van der Waals surface area contributed by atoms with Crippen LogP contribution in [0.2, 0.25) is 0 Å². The molecule has 1 rings (SSSR count). The minimum atomic E-state index is -3.22. The number of sulfone groups is 1. The molecule has 0 aromatic heterocycles. The third kappa shape index (κ3) is 3.03. The van der Waals surface area contributed by atoms with Gasteiger partial charge < -0.3 is 0 Å². The first-order chi connectivity index (χ1) is 6.62. The Bertz CT molecular complexity index is 349. The molecule has 0 aliphatic heterocycles. The monoisotopic (exact) mass is 232 g/mol. The number of hydrogen-bond donors (Lipinski definition) is 0. The second kappa shape index (κ2) is 3.89. The van der Waals surface area contributed by atoms with E-state index in [4.69, 9.17) is 0 Å². The molecule has 88 valence electrons. The third-order valence-electron chi connectivity index (χ3n) is 3.34. The maximum atomic E-state index is 11.5. The molecule has 15 heavy (non-hydrogen) atoms. The number of carbonyl (C=O) groups is 1. The molecule has 2 atom stereocenters. The van der Waals surface area contributed by atoms with Crippen LogP contribution in [0.4, 0.5) is 0 Å². The Hall–Kier alpha value is -0.380. The first-order valence-electron chi connectivity index (χ1n) is 5.34. The number of hydrogen-bond acceptors (Lipinski definition) is 3. The van der Waals surface area contributed by atoms with Gasteiger partial charge in [0.2, 0.25) is 0 Å². The lowest BCUT2D eigenvalue weighted by atomic mass is 9.72. The molecule has 0 amide bonds. The van der Waals surface area contributed by atoms with Crippen molar-refractivity contribution < 1.29 is 13.2 Å². The van der Waals surface area contributed by atoms with E-state index in [1.807, 2.05) is 0 Å².